The first-order chi connectivity index (χ1) is 17.5. The predicted molar refractivity (Wildman–Crippen MR) is 150 cm³/mol. The molecule has 1 rings (SSSR count). The fourth-order valence-electron chi connectivity index (χ4n) is 4.19. The fraction of sp³-hybridized carbons (Fsp3) is 0.700. The molecule has 0 saturated carbocycles. The molecule has 3 amide bonds. The molecule has 0 aliphatic carbocycles. The molecule has 0 spiro atoms. The summed E-state index contributed by atoms with van der Waals surface area (Å²) < 4.78 is 5.46. The van der Waals surface area contributed by atoms with Crippen molar-refractivity contribution in [2.45, 2.75) is 118 Å². The number of hydrogen-bond acceptors (Lipinski definition) is 4. The first-order valence-electron chi connectivity index (χ1n) is 14.1. The summed E-state index contributed by atoms with van der Waals surface area (Å²) in [6.07, 6.45) is 6.78. The summed E-state index contributed by atoms with van der Waals surface area (Å²) in [5.41, 5.74) is 0.0826. The van der Waals surface area contributed by atoms with Crippen molar-refractivity contribution in [1.29, 1.82) is 0 Å². The zero-order valence-corrected chi connectivity index (χ0v) is 24.3. The van der Waals surface area contributed by atoms with Crippen LogP contribution in [0.15, 0.2) is 30.3 Å². The second kappa shape index (κ2) is 17.0. The highest BCUT2D eigenvalue weighted by molar-refractivity contribution is 5.92. The summed E-state index contributed by atoms with van der Waals surface area (Å²) in [6, 6.07) is 7.89. The van der Waals surface area contributed by atoms with E-state index in [1.54, 1.807) is 25.7 Å². The van der Waals surface area contributed by atoms with Crippen LogP contribution in [0.25, 0.3) is 0 Å². The van der Waals surface area contributed by atoms with Gasteiger partial charge in [-0.15, -0.1) is 0 Å². The molecule has 2 N–H and O–H groups in total. The van der Waals surface area contributed by atoms with Crippen molar-refractivity contribution in [3.8, 4) is 0 Å². The number of nitrogens with one attached hydrogen (secondary N) is 2. The Bertz CT molecular complexity index is 805. The SMILES string of the molecule is CCCCCCCN(C(=O)C(CC(C)C)NC(=O)OC(C)(C)C)C(C(=O)NCCCC)c1ccccc1. The number of rotatable bonds is 16. The van der Waals surface area contributed by atoms with E-state index in [0.29, 0.717) is 19.5 Å². The summed E-state index contributed by atoms with van der Waals surface area (Å²) in [7, 11) is 0. The Balaban J connectivity index is 3.35. The Labute approximate surface area is 225 Å². The van der Waals surface area contributed by atoms with Gasteiger partial charge in [0.05, 0.1) is 0 Å². The van der Waals surface area contributed by atoms with Crippen LogP contribution in [0.3, 0.4) is 0 Å². The highest BCUT2D eigenvalue weighted by atomic mass is 16.6. The van der Waals surface area contributed by atoms with Gasteiger partial charge in [0.25, 0.3) is 0 Å². The fourth-order valence-corrected chi connectivity index (χ4v) is 4.19. The molecule has 0 aliphatic heterocycles. The highest BCUT2D eigenvalue weighted by Crippen LogP contribution is 2.25. The van der Waals surface area contributed by atoms with E-state index in [0.717, 1.165) is 50.5 Å². The van der Waals surface area contributed by atoms with Gasteiger partial charge in [0, 0.05) is 13.1 Å². The average molecular weight is 518 g/mol. The van der Waals surface area contributed by atoms with Crippen molar-refractivity contribution in [1.82, 2.24) is 15.5 Å². The van der Waals surface area contributed by atoms with Crippen molar-refractivity contribution in [2.75, 3.05) is 13.1 Å². The number of alkyl carbamates (subject to hydrolysis) is 1. The molecule has 0 aliphatic rings. The zero-order valence-electron chi connectivity index (χ0n) is 24.3. The second-order valence-electron chi connectivity index (χ2n) is 11.2. The summed E-state index contributed by atoms with van der Waals surface area (Å²) in [4.78, 5) is 42.0. The molecular weight excluding hydrogens is 466 g/mol. The first-order valence-corrected chi connectivity index (χ1v) is 14.1. The molecule has 210 valence electrons. The smallest absolute Gasteiger partial charge is 0.408 e. The van der Waals surface area contributed by atoms with Crippen LogP contribution in [-0.2, 0) is 14.3 Å². The van der Waals surface area contributed by atoms with Crippen LogP contribution < -0.4 is 10.6 Å². The number of nitrogens with zero attached hydrogens (tertiary/aromatic N) is 1. The van der Waals surface area contributed by atoms with Crippen molar-refractivity contribution in [2.24, 2.45) is 5.92 Å². The molecule has 0 aromatic heterocycles. The summed E-state index contributed by atoms with van der Waals surface area (Å²) in [5, 5.41) is 5.84. The number of carbonyl (C=O) groups is 3. The lowest BCUT2D eigenvalue weighted by atomic mass is 9.98. The molecule has 1 aromatic carbocycles. The van der Waals surface area contributed by atoms with Crippen LogP contribution >= 0.6 is 0 Å². The molecule has 2 unspecified atom stereocenters. The van der Waals surface area contributed by atoms with E-state index in [1.807, 2.05) is 44.2 Å². The van der Waals surface area contributed by atoms with Gasteiger partial charge in [0.15, 0.2) is 0 Å². The van der Waals surface area contributed by atoms with Gasteiger partial charge >= 0.3 is 6.09 Å². The minimum atomic E-state index is -0.792. The Morgan fingerprint density at radius 3 is 2.11 bits per heavy atom. The van der Waals surface area contributed by atoms with E-state index in [-0.39, 0.29) is 17.7 Å². The summed E-state index contributed by atoms with van der Waals surface area (Å²) in [5.74, 6) is -0.291. The molecule has 2 atom stereocenters. The van der Waals surface area contributed by atoms with Gasteiger partial charge in [-0.05, 0) is 51.5 Å². The van der Waals surface area contributed by atoms with Crippen LogP contribution in [0, 0.1) is 5.92 Å². The van der Waals surface area contributed by atoms with Gasteiger partial charge in [0.2, 0.25) is 11.8 Å². The number of carbonyl (C=O) groups excluding carboxylic acids is 3. The van der Waals surface area contributed by atoms with Gasteiger partial charge in [0.1, 0.15) is 17.7 Å². The van der Waals surface area contributed by atoms with E-state index in [4.69, 9.17) is 4.74 Å². The van der Waals surface area contributed by atoms with Gasteiger partial charge in [-0.2, -0.15) is 0 Å². The maximum atomic E-state index is 14.1. The van der Waals surface area contributed by atoms with Gasteiger partial charge in [-0.1, -0.05) is 90.1 Å². The predicted octanol–water partition coefficient (Wildman–Crippen LogP) is 6.38. The lowest BCUT2D eigenvalue weighted by Crippen LogP contribution is -2.53. The van der Waals surface area contributed by atoms with Crippen molar-refractivity contribution >= 4 is 17.9 Å². The van der Waals surface area contributed by atoms with Gasteiger partial charge in [-0.25, -0.2) is 4.79 Å². The molecule has 0 radical (unpaired) electrons. The van der Waals surface area contributed by atoms with Crippen molar-refractivity contribution < 1.29 is 19.1 Å². The van der Waals surface area contributed by atoms with Gasteiger partial charge in [-0.3, -0.25) is 9.59 Å². The van der Waals surface area contributed by atoms with E-state index in [1.165, 1.54) is 0 Å². The monoisotopic (exact) mass is 517 g/mol. The lowest BCUT2D eigenvalue weighted by Gasteiger charge is -2.35. The van der Waals surface area contributed by atoms with Crippen LogP contribution in [0.2, 0.25) is 0 Å². The Hall–Kier alpha value is -2.57. The van der Waals surface area contributed by atoms with E-state index in [2.05, 4.69) is 24.5 Å². The number of amides is 3. The molecule has 0 fully saturated rings. The lowest BCUT2D eigenvalue weighted by molar-refractivity contribution is -0.143. The molecule has 0 saturated heterocycles. The van der Waals surface area contributed by atoms with E-state index in [9.17, 15) is 14.4 Å². The second-order valence-corrected chi connectivity index (χ2v) is 11.2. The maximum absolute atomic E-state index is 14.1. The number of hydrogen-bond donors (Lipinski definition) is 2. The van der Waals surface area contributed by atoms with Crippen LogP contribution in [-0.4, -0.2) is 47.5 Å². The van der Waals surface area contributed by atoms with Crippen LogP contribution in [0.4, 0.5) is 4.79 Å². The van der Waals surface area contributed by atoms with E-state index >= 15 is 0 Å². The summed E-state index contributed by atoms with van der Waals surface area (Å²) >= 11 is 0. The van der Waals surface area contributed by atoms with Crippen LogP contribution in [0.1, 0.15) is 111 Å². The average Bonchev–Trinajstić information content (AvgIpc) is 2.81. The molecule has 7 heteroatoms. The summed E-state index contributed by atoms with van der Waals surface area (Å²) in [6.45, 7) is 14.6. The topological polar surface area (TPSA) is 87.7 Å². The van der Waals surface area contributed by atoms with Crippen LogP contribution in [0.5, 0.6) is 0 Å². The Morgan fingerprint density at radius 2 is 1.54 bits per heavy atom. The molecule has 7 nitrogen and oxygen atoms in total. The maximum Gasteiger partial charge on any atom is 0.408 e. The third kappa shape index (κ3) is 13.0. The molecule has 37 heavy (non-hydrogen) atoms. The molecule has 0 heterocycles. The largest absolute Gasteiger partial charge is 0.444 e. The normalized spacial score (nSPS) is 13.1. The molecule has 0 bridgehead atoms. The Kier molecular flexibility index (Phi) is 14.9. The molecule has 1 aromatic rings. The third-order valence-corrected chi connectivity index (χ3v) is 5.99. The minimum Gasteiger partial charge on any atom is -0.444 e. The van der Waals surface area contributed by atoms with Crippen molar-refractivity contribution in [3.63, 3.8) is 0 Å². The standard InChI is InChI=1S/C30H51N3O4/c1-8-10-12-13-17-21-33(26(24-18-15-14-16-19-24)27(34)31-20-11-9-2)28(35)25(22-23(3)4)32-29(36)37-30(5,6)7/h14-16,18-19,23,25-26H,8-13,17,20-22H2,1-7H3,(H,31,34)(H,32,36). The van der Waals surface area contributed by atoms with E-state index < -0.39 is 23.8 Å². The third-order valence-electron chi connectivity index (χ3n) is 5.99. The van der Waals surface area contributed by atoms with Crippen molar-refractivity contribution in [3.05, 3.63) is 35.9 Å². The molecular formula is C30H51N3O4. The number of unbranched alkanes of at least 4 members (excludes halogenated alkanes) is 5. The first kappa shape index (κ1) is 32.5. The highest BCUT2D eigenvalue weighted by Gasteiger charge is 2.36. The van der Waals surface area contributed by atoms with Gasteiger partial charge < -0.3 is 20.3 Å². The number of benzene rings is 1. The quantitative estimate of drug-likeness (QED) is 0.249. The number of ether oxygens (including phenoxy) is 1. The Morgan fingerprint density at radius 1 is 0.919 bits per heavy atom. The zero-order chi connectivity index (χ0) is 27.8. The minimum absolute atomic E-state index is 0.156.